The monoisotopic (exact) mass is 477 g/mol. The van der Waals surface area contributed by atoms with E-state index in [1.165, 1.54) is 12.8 Å². The SMILES string of the molecule is Cc1c(NS(=O)(=O)c2ccc3ccccc3c2)cccc1C(=O)N1CCCN(CC2CC2)CC1. The van der Waals surface area contributed by atoms with Crippen LogP contribution in [0.4, 0.5) is 5.69 Å². The molecule has 6 nitrogen and oxygen atoms in total. The van der Waals surface area contributed by atoms with Crippen molar-refractivity contribution in [2.24, 2.45) is 5.92 Å². The van der Waals surface area contributed by atoms with Crippen molar-refractivity contribution < 1.29 is 13.2 Å². The molecule has 1 aliphatic heterocycles. The molecule has 2 fully saturated rings. The number of rotatable bonds is 6. The van der Waals surface area contributed by atoms with Gasteiger partial charge in [-0.15, -0.1) is 0 Å². The van der Waals surface area contributed by atoms with Gasteiger partial charge >= 0.3 is 0 Å². The molecule has 0 radical (unpaired) electrons. The largest absolute Gasteiger partial charge is 0.337 e. The smallest absolute Gasteiger partial charge is 0.261 e. The van der Waals surface area contributed by atoms with E-state index in [1.54, 1.807) is 30.3 Å². The van der Waals surface area contributed by atoms with Crippen molar-refractivity contribution in [3.05, 3.63) is 71.8 Å². The van der Waals surface area contributed by atoms with Crippen molar-refractivity contribution in [1.29, 1.82) is 0 Å². The van der Waals surface area contributed by atoms with Crippen LogP contribution in [0.5, 0.6) is 0 Å². The molecular formula is C27H31N3O3S. The zero-order valence-corrected chi connectivity index (χ0v) is 20.4. The van der Waals surface area contributed by atoms with Gasteiger partial charge in [-0.3, -0.25) is 9.52 Å². The Hall–Kier alpha value is -2.90. The number of benzene rings is 3. The molecule has 0 atom stereocenters. The summed E-state index contributed by atoms with van der Waals surface area (Å²) in [5.41, 5.74) is 1.63. The van der Waals surface area contributed by atoms with E-state index < -0.39 is 10.0 Å². The van der Waals surface area contributed by atoms with Crippen LogP contribution in [0.1, 0.15) is 35.2 Å². The number of carbonyl (C=O) groups excluding carboxylic acids is 1. The first-order valence-corrected chi connectivity index (χ1v) is 13.5. The van der Waals surface area contributed by atoms with E-state index in [1.807, 2.05) is 42.2 Å². The number of nitrogens with zero attached hydrogens (tertiary/aromatic N) is 2. The third-order valence-corrected chi connectivity index (χ3v) is 8.29. The lowest BCUT2D eigenvalue weighted by Crippen LogP contribution is -2.36. The first-order valence-electron chi connectivity index (χ1n) is 12.0. The minimum absolute atomic E-state index is 0.0301. The average molecular weight is 478 g/mol. The molecule has 0 spiro atoms. The Labute approximate surface area is 201 Å². The molecule has 3 aromatic carbocycles. The molecule has 1 saturated heterocycles. The van der Waals surface area contributed by atoms with Gasteiger partial charge in [-0.05, 0) is 79.3 Å². The average Bonchev–Trinajstić information content (AvgIpc) is 3.67. The lowest BCUT2D eigenvalue weighted by atomic mass is 10.1. The molecule has 178 valence electrons. The molecule has 7 heteroatoms. The lowest BCUT2D eigenvalue weighted by Gasteiger charge is -2.23. The second-order valence-electron chi connectivity index (χ2n) is 9.48. The Balaban J connectivity index is 1.33. The third kappa shape index (κ3) is 4.95. The van der Waals surface area contributed by atoms with Crippen LogP contribution in [-0.2, 0) is 10.0 Å². The molecular weight excluding hydrogens is 446 g/mol. The Morgan fingerprint density at radius 1 is 0.941 bits per heavy atom. The standard InChI is InChI=1S/C27H31N3O3S/c1-20-25(27(31)30-15-5-14-29(16-17-30)19-21-10-11-21)8-4-9-26(20)28-34(32,33)24-13-12-22-6-2-3-7-23(22)18-24/h2-4,6-9,12-13,18,21,28H,5,10-11,14-17,19H2,1H3. The summed E-state index contributed by atoms with van der Waals surface area (Å²) in [6.45, 7) is 6.32. The molecule has 0 unspecified atom stereocenters. The third-order valence-electron chi connectivity index (χ3n) is 6.93. The van der Waals surface area contributed by atoms with Gasteiger partial charge in [-0.2, -0.15) is 0 Å². The molecule has 1 N–H and O–H groups in total. The van der Waals surface area contributed by atoms with Gasteiger partial charge in [0.1, 0.15) is 0 Å². The quantitative estimate of drug-likeness (QED) is 0.567. The van der Waals surface area contributed by atoms with Crippen LogP contribution in [0.3, 0.4) is 0 Å². The maximum Gasteiger partial charge on any atom is 0.261 e. The van der Waals surface area contributed by atoms with Crippen molar-refractivity contribution in [1.82, 2.24) is 9.80 Å². The molecule has 5 rings (SSSR count). The number of hydrogen-bond donors (Lipinski definition) is 1. The Bertz CT molecular complexity index is 1320. The number of amides is 1. The highest BCUT2D eigenvalue weighted by Gasteiger charge is 2.27. The van der Waals surface area contributed by atoms with Crippen LogP contribution in [0, 0.1) is 12.8 Å². The summed E-state index contributed by atoms with van der Waals surface area (Å²) in [6, 6.07) is 18.0. The van der Waals surface area contributed by atoms with Gasteiger partial charge in [0.15, 0.2) is 0 Å². The second kappa shape index (κ2) is 9.39. The van der Waals surface area contributed by atoms with E-state index in [0.717, 1.165) is 49.3 Å². The van der Waals surface area contributed by atoms with Gasteiger partial charge < -0.3 is 9.80 Å². The highest BCUT2D eigenvalue weighted by molar-refractivity contribution is 7.92. The van der Waals surface area contributed by atoms with Crippen LogP contribution in [-0.4, -0.2) is 56.8 Å². The van der Waals surface area contributed by atoms with E-state index in [2.05, 4.69) is 9.62 Å². The molecule has 34 heavy (non-hydrogen) atoms. The topological polar surface area (TPSA) is 69.7 Å². The number of sulfonamides is 1. The Morgan fingerprint density at radius 2 is 1.74 bits per heavy atom. The molecule has 0 bridgehead atoms. The Kier molecular flexibility index (Phi) is 6.32. The molecule has 0 aromatic heterocycles. The van der Waals surface area contributed by atoms with Gasteiger partial charge in [0.25, 0.3) is 15.9 Å². The van der Waals surface area contributed by atoms with Crippen molar-refractivity contribution in [3.8, 4) is 0 Å². The zero-order chi connectivity index (χ0) is 23.7. The predicted octanol–water partition coefficient (Wildman–Crippen LogP) is 4.51. The van der Waals surface area contributed by atoms with Crippen LogP contribution < -0.4 is 4.72 Å². The van der Waals surface area contributed by atoms with Crippen molar-refractivity contribution in [3.63, 3.8) is 0 Å². The fraction of sp³-hybridized carbons (Fsp3) is 0.370. The molecule has 1 amide bonds. The summed E-state index contributed by atoms with van der Waals surface area (Å²) in [5, 5.41) is 1.85. The maximum atomic E-state index is 13.4. The summed E-state index contributed by atoms with van der Waals surface area (Å²) >= 11 is 0. The number of carbonyl (C=O) groups is 1. The summed E-state index contributed by atoms with van der Waals surface area (Å²) in [4.78, 5) is 18.0. The normalized spacial score (nSPS) is 17.5. The summed E-state index contributed by atoms with van der Waals surface area (Å²) in [7, 11) is -3.79. The molecule has 3 aromatic rings. The Morgan fingerprint density at radius 3 is 2.53 bits per heavy atom. The summed E-state index contributed by atoms with van der Waals surface area (Å²) < 4.78 is 29.0. The predicted molar refractivity (Wildman–Crippen MR) is 136 cm³/mol. The van der Waals surface area contributed by atoms with Gasteiger partial charge in [-0.25, -0.2) is 8.42 Å². The van der Waals surface area contributed by atoms with Gasteiger partial charge in [0.2, 0.25) is 0 Å². The van der Waals surface area contributed by atoms with Crippen molar-refractivity contribution in [2.45, 2.75) is 31.1 Å². The summed E-state index contributed by atoms with van der Waals surface area (Å²) in [6.07, 6.45) is 3.63. The number of nitrogens with one attached hydrogen (secondary N) is 1. The molecule has 2 aliphatic rings. The number of fused-ring (bicyclic) bond motifs is 1. The van der Waals surface area contributed by atoms with E-state index >= 15 is 0 Å². The van der Waals surface area contributed by atoms with E-state index in [4.69, 9.17) is 0 Å². The second-order valence-corrected chi connectivity index (χ2v) is 11.2. The minimum Gasteiger partial charge on any atom is -0.337 e. The summed E-state index contributed by atoms with van der Waals surface area (Å²) in [5.74, 6) is 0.814. The highest BCUT2D eigenvalue weighted by Crippen LogP contribution is 2.30. The van der Waals surface area contributed by atoms with Gasteiger partial charge in [0, 0.05) is 31.7 Å². The fourth-order valence-corrected chi connectivity index (χ4v) is 5.87. The van der Waals surface area contributed by atoms with Crippen LogP contribution in [0.15, 0.2) is 65.6 Å². The van der Waals surface area contributed by atoms with Gasteiger partial charge in [-0.1, -0.05) is 36.4 Å². The van der Waals surface area contributed by atoms with E-state index in [9.17, 15) is 13.2 Å². The van der Waals surface area contributed by atoms with Gasteiger partial charge in [0.05, 0.1) is 10.6 Å². The lowest BCUT2D eigenvalue weighted by molar-refractivity contribution is 0.0760. The first kappa shape index (κ1) is 22.9. The van der Waals surface area contributed by atoms with E-state index in [0.29, 0.717) is 23.4 Å². The first-order chi connectivity index (χ1) is 16.4. The van der Waals surface area contributed by atoms with Crippen LogP contribution in [0.2, 0.25) is 0 Å². The van der Waals surface area contributed by atoms with E-state index in [-0.39, 0.29) is 10.8 Å². The minimum atomic E-state index is -3.79. The van der Waals surface area contributed by atoms with Crippen molar-refractivity contribution >= 4 is 32.4 Å². The molecule has 1 saturated carbocycles. The molecule has 1 aliphatic carbocycles. The fourth-order valence-electron chi connectivity index (χ4n) is 4.71. The number of hydrogen-bond acceptors (Lipinski definition) is 4. The van der Waals surface area contributed by atoms with Crippen LogP contribution in [0.25, 0.3) is 10.8 Å². The van der Waals surface area contributed by atoms with Crippen molar-refractivity contribution in [2.75, 3.05) is 37.4 Å². The number of anilines is 1. The highest BCUT2D eigenvalue weighted by atomic mass is 32.2. The maximum absolute atomic E-state index is 13.4. The van der Waals surface area contributed by atoms with Crippen LogP contribution >= 0.6 is 0 Å². The molecule has 1 heterocycles. The zero-order valence-electron chi connectivity index (χ0n) is 19.5.